The molecule has 3 aromatic carbocycles. The van der Waals surface area contributed by atoms with Crippen molar-refractivity contribution in [1.82, 2.24) is 0 Å². The number of aryl methyl sites for hydroxylation is 1. The van der Waals surface area contributed by atoms with E-state index in [2.05, 4.69) is 36.4 Å². The van der Waals surface area contributed by atoms with Crippen molar-refractivity contribution < 1.29 is 14.6 Å². The first kappa shape index (κ1) is 16.5. The predicted octanol–water partition coefficient (Wildman–Crippen LogP) is 4.26. The number of anilines is 1. The normalized spacial score (nSPS) is 13.5. The van der Waals surface area contributed by atoms with Gasteiger partial charge in [-0.3, -0.25) is 4.79 Å². The van der Waals surface area contributed by atoms with E-state index in [0.717, 1.165) is 42.0 Å². The second-order valence-corrected chi connectivity index (χ2v) is 6.65. The van der Waals surface area contributed by atoms with E-state index in [0.29, 0.717) is 6.61 Å². The molecule has 132 valence electrons. The molecule has 0 atom stereocenters. The molecule has 0 spiro atoms. The fourth-order valence-corrected chi connectivity index (χ4v) is 3.63. The van der Waals surface area contributed by atoms with Crippen LogP contribution in [0.3, 0.4) is 0 Å². The number of para-hydroxylation sites is 1. The third-order valence-corrected chi connectivity index (χ3v) is 4.81. The summed E-state index contributed by atoms with van der Waals surface area (Å²) in [5, 5.41) is 11.6. The minimum atomic E-state index is -0.817. The first-order chi connectivity index (χ1) is 12.7. The third-order valence-electron chi connectivity index (χ3n) is 4.81. The van der Waals surface area contributed by atoms with Crippen molar-refractivity contribution in [1.29, 1.82) is 0 Å². The van der Waals surface area contributed by atoms with Gasteiger partial charge in [0.2, 0.25) is 0 Å². The number of carbonyl (C=O) groups is 1. The minimum absolute atomic E-state index is 0.00332. The Kier molecular flexibility index (Phi) is 4.48. The van der Waals surface area contributed by atoms with Crippen LogP contribution < -0.4 is 9.64 Å². The Hall–Kier alpha value is -3.01. The summed E-state index contributed by atoms with van der Waals surface area (Å²) in [5.74, 6) is -0.0567. The molecule has 1 N–H and O–H groups in total. The Morgan fingerprint density at radius 3 is 2.73 bits per heavy atom. The molecular weight excluding hydrogens is 326 g/mol. The predicted molar refractivity (Wildman–Crippen MR) is 103 cm³/mol. The van der Waals surface area contributed by atoms with E-state index in [4.69, 9.17) is 4.74 Å². The first-order valence-corrected chi connectivity index (χ1v) is 8.90. The highest BCUT2D eigenvalue weighted by molar-refractivity contribution is 5.83. The number of carboxylic acids is 1. The molecule has 4 rings (SSSR count). The van der Waals surface area contributed by atoms with Gasteiger partial charge in [-0.25, -0.2) is 0 Å². The molecule has 4 nitrogen and oxygen atoms in total. The summed E-state index contributed by atoms with van der Waals surface area (Å²) in [5.41, 5.74) is 3.19. The topological polar surface area (TPSA) is 49.8 Å². The Bertz CT molecular complexity index is 951. The van der Waals surface area contributed by atoms with Crippen molar-refractivity contribution in [2.75, 3.05) is 18.0 Å². The van der Waals surface area contributed by atoms with E-state index in [1.807, 2.05) is 29.2 Å². The van der Waals surface area contributed by atoms with Crippen molar-refractivity contribution >= 4 is 22.4 Å². The van der Waals surface area contributed by atoms with Crippen LogP contribution in [0.25, 0.3) is 10.8 Å². The van der Waals surface area contributed by atoms with Crippen molar-refractivity contribution in [2.45, 2.75) is 19.4 Å². The fourth-order valence-electron chi connectivity index (χ4n) is 3.63. The average molecular weight is 347 g/mol. The third kappa shape index (κ3) is 3.36. The van der Waals surface area contributed by atoms with Crippen molar-refractivity contribution in [2.24, 2.45) is 0 Å². The molecule has 1 heterocycles. The summed E-state index contributed by atoms with van der Waals surface area (Å²) in [6, 6.07) is 20.5. The van der Waals surface area contributed by atoms with Gasteiger partial charge in [-0.15, -0.1) is 0 Å². The molecular formula is C22H21NO3. The summed E-state index contributed by atoms with van der Waals surface area (Å²) in [7, 11) is 0. The van der Waals surface area contributed by atoms with Crippen LogP contribution >= 0.6 is 0 Å². The number of fused-ring (bicyclic) bond motifs is 2. The number of aliphatic carboxylic acids is 1. The number of hydrogen-bond acceptors (Lipinski definition) is 3. The number of ether oxygens (including phenoxy) is 1. The van der Waals surface area contributed by atoms with Crippen LogP contribution in [0.2, 0.25) is 0 Å². The highest BCUT2D eigenvalue weighted by Crippen LogP contribution is 2.36. The summed E-state index contributed by atoms with van der Waals surface area (Å²) in [4.78, 5) is 13.1. The van der Waals surface area contributed by atoms with Crippen molar-refractivity contribution in [3.05, 3.63) is 71.8 Å². The molecule has 4 heteroatoms. The minimum Gasteiger partial charge on any atom is -0.487 e. The lowest BCUT2D eigenvalue weighted by molar-refractivity contribution is -0.135. The zero-order valence-corrected chi connectivity index (χ0v) is 14.5. The van der Waals surface area contributed by atoms with Gasteiger partial charge in [-0.1, -0.05) is 48.5 Å². The molecule has 0 unspecified atom stereocenters. The standard InChI is InChI=1S/C22H21NO3/c24-21(25)14-23-12-4-8-18-7-3-9-20(22(18)23)26-15-16-10-11-17-5-1-2-6-19(17)13-16/h1-3,5-7,9-11,13H,4,8,12,14-15H2,(H,24,25). The van der Waals surface area contributed by atoms with Gasteiger partial charge in [0.1, 0.15) is 18.9 Å². The van der Waals surface area contributed by atoms with E-state index in [1.54, 1.807) is 0 Å². The maximum Gasteiger partial charge on any atom is 0.323 e. The molecule has 1 aliphatic rings. The zero-order chi connectivity index (χ0) is 17.9. The summed E-state index contributed by atoms with van der Waals surface area (Å²) in [6.45, 7) is 1.21. The van der Waals surface area contributed by atoms with E-state index in [9.17, 15) is 9.90 Å². The van der Waals surface area contributed by atoms with Crippen LogP contribution in [-0.4, -0.2) is 24.2 Å². The molecule has 0 aromatic heterocycles. The van der Waals surface area contributed by atoms with E-state index < -0.39 is 5.97 Å². The largest absolute Gasteiger partial charge is 0.487 e. The van der Waals surface area contributed by atoms with Gasteiger partial charge in [0.05, 0.1) is 5.69 Å². The number of hydrogen-bond donors (Lipinski definition) is 1. The van der Waals surface area contributed by atoms with Gasteiger partial charge in [0.15, 0.2) is 0 Å². The summed E-state index contributed by atoms with van der Waals surface area (Å²) >= 11 is 0. The van der Waals surface area contributed by atoms with Gasteiger partial charge < -0.3 is 14.7 Å². The van der Waals surface area contributed by atoms with Crippen molar-refractivity contribution in [3.63, 3.8) is 0 Å². The average Bonchev–Trinajstić information content (AvgIpc) is 2.66. The van der Waals surface area contributed by atoms with Crippen LogP contribution in [0.4, 0.5) is 5.69 Å². The van der Waals surface area contributed by atoms with Crippen LogP contribution in [0, 0.1) is 0 Å². The van der Waals surface area contributed by atoms with Crippen LogP contribution in [-0.2, 0) is 17.8 Å². The summed E-state index contributed by atoms with van der Waals surface area (Å²) in [6.07, 6.45) is 1.92. The Balaban J connectivity index is 1.59. The Morgan fingerprint density at radius 2 is 1.88 bits per heavy atom. The SMILES string of the molecule is O=C(O)CN1CCCc2cccc(OCc3ccc4ccccc4c3)c21. The smallest absolute Gasteiger partial charge is 0.323 e. The van der Waals surface area contributed by atoms with Gasteiger partial charge in [0.25, 0.3) is 0 Å². The molecule has 3 aromatic rings. The monoisotopic (exact) mass is 347 g/mol. The quantitative estimate of drug-likeness (QED) is 0.749. The zero-order valence-electron chi connectivity index (χ0n) is 14.5. The Morgan fingerprint density at radius 1 is 1.04 bits per heavy atom. The number of carboxylic acid groups (broad SMARTS) is 1. The lowest BCUT2D eigenvalue weighted by atomic mass is 10.0. The summed E-state index contributed by atoms with van der Waals surface area (Å²) < 4.78 is 6.12. The van der Waals surface area contributed by atoms with E-state index in [-0.39, 0.29) is 6.54 Å². The van der Waals surface area contributed by atoms with Crippen LogP contribution in [0.15, 0.2) is 60.7 Å². The molecule has 26 heavy (non-hydrogen) atoms. The molecule has 0 radical (unpaired) electrons. The first-order valence-electron chi connectivity index (χ1n) is 8.90. The highest BCUT2D eigenvalue weighted by atomic mass is 16.5. The fraction of sp³-hybridized carbons (Fsp3) is 0.227. The lowest BCUT2D eigenvalue weighted by Gasteiger charge is -2.31. The van der Waals surface area contributed by atoms with Crippen LogP contribution in [0.1, 0.15) is 17.5 Å². The second-order valence-electron chi connectivity index (χ2n) is 6.65. The number of rotatable bonds is 5. The maximum atomic E-state index is 11.2. The molecule has 0 bridgehead atoms. The number of nitrogens with zero attached hydrogens (tertiary/aromatic N) is 1. The van der Waals surface area contributed by atoms with E-state index >= 15 is 0 Å². The maximum absolute atomic E-state index is 11.2. The van der Waals surface area contributed by atoms with Gasteiger partial charge in [-0.2, -0.15) is 0 Å². The van der Waals surface area contributed by atoms with Gasteiger partial charge in [-0.05, 0) is 46.9 Å². The molecule has 0 saturated carbocycles. The number of benzene rings is 3. The molecule has 0 aliphatic carbocycles. The highest BCUT2D eigenvalue weighted by Gasteiger charge is 2.22. The van der Waals surface area contributed by atoms with Crippen LogP contribution in [0.5, 0.6) is 5.75 Å². The molecule has 0 saturated heterocycles. The molecule has 0 fully saturated rings. The van der Waals surface area contributed by atoms with Gasteiger partial charge in [0, 0.05) is 6.54 Å². The van der Waals surface area contributed by atoms with Gasteiger partial charge >= 0.3 is 5.97 Å². The molecule has 1 aliphatic heterocycles. The molecule has 0 amide bonds. The Labute approximate surface area is 152 Å². The van der Waals surface area contributed by atoms with E-state index in [1.165, 1.54) is 10.8 Å². The van der Waals surface area contributed by atoms with Crippen molar-refractivity contribution in [3.8, 4) is 5.75 Å². The lowest BCUT2D eigenvalue weighted by Crippen LogP contribution is -2.34. The second kappa shape index (κ2) is 7.08.